The molecule has 1 saturated heterocycles. The van der Waals surface area contributed by atoms with Gasteiger partial charge in [0.1, 0.15) is 5.82 Å². The molecular formula is C21H24ClFN2O. The number of nitrogens with zero attached hydrogens (tertiary/aromatic N) is 1. The van der Waals surface area contributed by atoms with Gasteiger partial charge in [0.15, 0.2) is 0 Å². The van der Waals surface area contributed by atoms with E-state index in [2.05, 4.69) is 41.4 Å². The molecule has 0 bridgehead atoms. The Morgan fingerprint density at radius 3 is 2.85 bits per heavy atom. The highest BCUT2D eigenvalue weighted by Gasteiger charge is 2.23. The minimum atomic E-state index is -0.432. The maximum Gasteiger partial charge on any atom is 0.224 e. The zero-order valence-corrected chi connectivity index (χ0v) is 15.7. The topological polar surface area (TPSA) is 32.3 Å². The van der Waals surface area contributed by atoms with Gasteiger partial charge in [-0.05, 0) is 49.1 Å². The molecule has 1 fully saturated rings. The van der Waals surface area contributed by atoms with Crippen molar-refractivity contribution < 1.29 is 9.18 Å². The number of carbonyl (C=O) groups excluding carboxylic acids is 1. The van der Waals surface area contributed by atoms with Crippen LogP contribution < -0.4 is 5.32 Å². The van der Waals surface area contributed by atoms with Gasteiger partial charge in [0.05, 0.1) is 6.42 Å². The first-order valence-corrected chi connectivity index (χ1v) is 9.37. The molecule has 1 N–H and O–H groups in total. The molecule has 1 heterocycles. The third-order valence-corrected chi connectivity index (χ3v) is 5.37. The number of rotatable bonds is 6. The lowest BCUT2D eigenvalue weighted by Crippen LogP contribution is -2.32. The summed E-state index contributed by atoms with van der Waals surface area (Å²) in [6, 6.07) is 12.9. The Morgan fingerprint density at radius 1 is 1.27 bits per heavy atom. The molecule has 3 rings (SSSR count). The second-order valence-corrected chi connectivity index (χ2v) is 7.40. The Morgan fingerprint density at radius 2 is 2.08 bits per heavy atom. The molecule has 3 nitrogen and oxygen atoms in total. The predicted molar refractivity (Wildman–Crippen MR) is 103 cm³/mol. The van der Waals surface area contributed by atoms with Gasteiger partial charge in [-0.2, -0.15) is 0 Å². The molecule has 0 saturated carbocycles. The molecule has 5 heteroatoms. The number of halogens is 2. The standard InChI is InChI=1S/C21H24ClFN2O/c1-15-5-2-3-6-17(15)14-25-10-9-16(13-25)12-24-21(26)11-18-19(22)7-4-8-20(18)23/h2-8,16H,9-14H2,1H3,(H,24,26)/t16-/m0/s1. The normalized spacial score (nSPS) is 17.4. The van der Waals surface area contributed by atoms with E-state index in [1.54, 1.807) is 12.1 Å². The van der Waals surface area contributed by atoms with Crippen LogP contribution in [-0.2, 0) is 17.8 Å². The number of amides is 1. The smallest absolute Gasteiger partial charge is 0.224 e. The van der Waals surface area contributed by atoms with Gasteiger partial charge in [-0.3, -0.25) is 9.69 Å². The van der Waals surface area contributed by atoms with Crippen LogP contribution in [0.15, 0.2) is 42.5 Å². The average Bonchev–Trinajstić information content (AvgIpc) is 3.06. The van der Waals surface area contributed by atoms with E-state index in [0.717, 1.165) is 26.1 Å². The van der Waals surface area contributed by atoms with E-state index in [1.807, 2.05) is 0 Å². The van der Waals surface area contributed by atoms with Crippen molar-refractivity contribution in [3.05, 3.63) is 70.0 Å². The lowest BCUT2D eigenvalue weighted by atomic mass is 10.1. The number of hydrogen-bond acceptors (Lipinski definition) is 2. The molecule has 0 unspecified atom stereocenters. The van der Waals surface area contributed by atoms with Crippen LogP contribution in [0, 0.1) is 18.7 Å². The summed E-state index contributed by atoms with van der Waals surface area (Å²) >= 11 is 5.98. The van der Waals surface area contributed by atoms with E-state index >= 15 is 0 Å². The second-order valence-electron chi connectivity index (χ2n) is 7.00. The predicted octanol–water partition coefficient (Wildman–Crippen LogP) is 3.97. The lowest BCUT2D eigenvalue weighted by molar-refractivity contribution is -0.120. The third kappa shape index (κ3) is 4.83. The second kappa shape index (κ2) is 8.65. The van der Waals surface area contributed by atoms with Gasteiger partial charge in [-0.1, -0.05) is 41.9 Å². The van der Waals surface area contributed by atoms with E-state index in [9.17, 15) is 9.18 Å². The molecule has 1 aliphatic heterocycles. The zero-order chi connectivity index (χ0) is 18.5. The molecule has 1 aliphatic rings. The Balaban J connectivity index is 1.46. The van der Waals surface area contributed by atoms with E-state index in [0.29, 0.717) is 17.5 Å². The van der Waals surface area contributed by atoms with Crippen LogP contribution in [0.2, 0.25) is 5.02 Å². The number of aryl methyl sites for hydroxylation is 1. The SMILES string of the molecule is Cc1ccccc1CN1CC[C@@H](CNC(=O)Cc2c(F)cccc2Cl)C1. The third-order valence-electron chi connectivity index (χ3n) is 5.01. The fourth-order valence-corrected chi connectivity index (χ4v) is 3.66. The number of nitrogens with one attached hydrogen (secondary N) is 1. The molecule has 0 aliphatic carbocycles. The maximum atomic E-state index is 13.8. The summed E-state index contributed by atoms with van der Waals surface area (Å²) in [7, 11) is 0. The van der Waals surface area contributed by atoms with Crippen molar-refractivity contribution in [2.45, 2.75) is 26.3 Å². The van der Waals surface area contributed by atoms with Gasteiger partial charge in [0, 0.05) is 30.2 Å². The Labute approximate surface area is 159 Å². The first-order chi connectivity index (χ1) is 12.5. The summed E-state index contributed by atoms with van der Waals surface area (Å²) in [6.45, 7) is 5.71. The van der Waals surface area contributed by atoms with E-state index < -0.39 is 5.82 Å². The van der Waals surface area contributed by atoms with E-state index in [4.69, 9.17) is 11.6 Å². The maximum absolute atomic E-state index is 13.8. The number of benzene rings is 2. The highest BCUT2D eigenvalue weighted by molar-refractivity contribution is 6.31. The minimum Gasteiger partial charge on any atom is -0.355 e. The van der Waals surface area contributed by atoms with Crippen LogP contribution >= 0.6 is 11.6 Å². The molecule has 138 valence electrons. The van der Waals surface area contributed by atoms with E-state index in [1.165, 1.54) is 17.2 Å². The molecular weight excluding hydrogens is 351 g/mol. The first-order valence-electron chi connectivity index (χ1n) is 8.99. The molecule has 2 aromatic rings. The summed E-state index contributed by atoms with van der Waals surface area (Å²) in [5.74, 6) is -0.189. The summed E-state index contributed by atoms with van der Waals surface area (Å²) in [5, 5.41) is 3.23. The molecule has 1 amide bonds. The highest BCUT2D eigenvalue weighted by Crippen LogP contribution is 2.21. The van der Waals surface area contributed by atoms with Gasteiger partial charge in [0.25, 0.3) is 0 Å². The van der Waals surface area contributed by atoms with Crippen LogP contribution in [0.1, 0.15) is 23.1 Å². The Kier molecular flexibility index (Phi) is 6.28. The quantitative estimate of drug-likeness (QED) is 0.829. The Bertz CT molecular complexity index is 760. The van der Waals surface area contributed by atoms with Crippen molar-refractivity contribution in [2.24, 2.45) is 5.92 Å². The summed E-state index contributed by atoms with van der Waals surface area (Å²) in [6.07, 6.45) is 1.04. The van der Waals surface area contributed by atoms with Crippen LogP contribution in [0.5, 0.6) is 0 Å². The highest BCUT2D eigenvalue weighted by atomic mass is 35.5. The van der Waals surface area contributed by atoms with Gasteiger partial charge in [-0.15, -0.1) is 0 Å². The van der Waals surface area contributed by atoms with Crippen LogP contribution in [0.3, 0.4) is 0 Å². The average molecular weight is 375 g/mol. The monoisotopic (exact) mass is 374 g/mol. The molecule has 26 heavy (non-hydrogen) atoms. The fourth-order valence-electron chi connectivity index (χ4n) is 3.43. The van der Waals surface area contributed by atoms with Crippen molar-refractivity contribution in [3.8, 4) is 0 Å². The molecule has 0 spiro atoms. The van der Waals surface area contributed by atoms with Crippen LogP contribution in [0.4, 0.5) is 4.39 Å². The van der Waals surface area contributed by atoms with E-state index in [-0.39, 0.29) is 17.9 Å². The fraction of sp³-hybridized carbons (Fsp3) is 0.381. The summed E-state index contributed by atoms with van der Waals surface area (Å²) in [4.78, 5) is 14.6. The largest absolute Gasteiger partial charge is 0.355 e. The molecule has 0 radical (unpaired) electrons. The van der Waals surface area contributed by atoms with Crippen molar-refractivity contribution in [1.82, 2.24) is 10.2 Å². The number of carbonyl (C=O) groups is 1. The number of likely N-dealkylation sites (tertiary alicyclic amines) is 1. The lowest BCUT2D eigenvalue weighted by Gasteiger charge is -2.17. The van der Waals surface area contributed by atoms with Crippen molar-refractivity contribution in [1.29, 1.82) is 0 Å². The van der Waals surface area contributed by atoms with Crippen molar-refractivity contribution >= 4 is 17.5 Å². The summed E-state index contributed by atoms with van der Waals surface area (Å²) < 4.78 is 13.8. The van der Waals surface area contributed by atoms with Gasteiger partial charge in [0.2, 0.25) is 5.91 Å². The zero-order valence-electron chi connectivity index (χ0n) is 15.0. The van der Waals surface area contributed by atoms with Crippen molar-refractivity contribution in [2.75, 3.05) is 19.6 Å². The molecule has 0 aromatic heterocycles. The minimum absolute atomic E-state index is 0.0227. The van der Waals surface area contributed by atoms with Crippen molar-refractivity contribution in [3.63, 3.8) is 0 Å². The van der Waals surface area contributed by atoms with Gasteiger partial charge in [-0.25, -0.2) is 4.39 Å². The van der Waals surface area contributed by atoms with Gasteiger partial charge < -0.3 is 5.32 Å². The molecule has 2 aromatic carbocycles. The Hall–Kier alpha value is -1.91. The van der Waals surface area contributed by atoms with Gasteiger partial charge >= 0.3 is 0 Å². The number of hydrogen-bond donors (Lipinski definition) is 1. The first kappa shape index (κ1) is 18.9. The van der Waals surface area contributed by atoms with Crippen LogP contribution in [0.25, 0.3) is 0 Å². The summed E-state index contributed by atoms with van der Waals surface area (Å²) in [5.41, 5.74) is 2.93. The van der Waals surface area contributed by atoms with Crippen LogP contribution in [-0.4, -0.2) is 30.4 Å². The molecule has 1 atom stereocenters.